The lowest BCUT2D eigenvalue weighted by atomic mass is 9.79. The van der Waals surface area contributed by atoms with Gasteiger partial charge in [-0.05, 0) is 74.3 Å². The van der Waals surface area contributed by atoms with Crippen molar-refractivity contribution in [3.63, 3.8) is 0 Å². The van der Waals surface area contributed by atoms with Crippen LogP contribution in [0, 0.1) is 0 Å². The molecule has 2 aromatic rings. The zero-order valence-electron chi connectivity index (χ0n) is 23.0. The molecule has 2 atom stereocenters. The van der Waals surface area contributed by atoms with E-state index in [1.54, 1.807) is 38.3 Å². The third-order valence-electron chi connectivity index (χ3n) is 6.94. The summed E-state index contributed by atoms with van der Waals surface area (Å²) in [6.07, 6.45) is 3.08. The summed E-state index contributed by atoms with van der Waals surface area (Å²) in [5.41, 5.74) is 1.94. The van der Waals surface area contributed by atoms with Gasteiger partial charge in [0, 0.05) is 19.2 Å². The topological polar surface area (TPSA) is 80.3 Å². The second-order valence-corrected chi connectivity index (χ2v) is 9.39. The van der Waals surface area contributed by atoms with Gasteiger partial charge in [0.1, 0.15) is 5.75 Å². The van der Waals surface area contributed by atoms with E-state index in [2.05, 4.69) is 24.1 Å². The molecule has 202 valence electrons. The molecule has 1 aliphatic heterocycles. The van der Waals surface area contributed by atoms with Crippen molar-refractivity contribution in [3.05, 3.63) is 53.1 Å². The molecule has 37 heavy (non-hydrogen) atoms. The van der Waals surface area contributed by atoms with E-state index >= 15 is 0 Å². The van der Waals surface area contributed by atoms with Gasteiger partial charge in [0.2, 0.25) is 5.91 Å². The largest absolute Gasteiger partial charge is 0.497 e. The SMILES string of the molecule is CCCN(CCC)CCCNC(=O)[C@H]1c2cc(OC)c(OC)cc2C(=O)N(C)[C@H]1c1ccc(OC)cc1. The lowest BCUT2D eigenvalue weighted by Crippen LogP contribution is -2.46. The number of ether oxygens (including phenoxy) is 3. The molecule has 8 nitrogen and oxygen atoms in total. The Morgan fingerprint density at radius 1 is 0.946 bits per heavy atom. The fraction of sp³-hybridized carbons (Fsp3) is 0.517. The zero-order chi connectivity index (χ0) is 26.9. The van der Waals surface area contributed by atoms with Crippen molar-refractivity contribution in [2.75, 3.05) is 54.6 Å². The number of carbonyl (C=O) groups is 2. The molecule has 0 saturated carbocycles. The fourth-order valence-electron chi connectivity index (χ4n) is 5.14. The van der Waals surface area contributed by atoms with E-state index in [9.17, 15) is 9.59 Å². The monoisotopic (exact) mass is 511 g/mol. The maximum absolute atomic E-state index is 13.8. The Morgan fingerprint density at radius 3 is 2.14 bits per heavy atom. The van der Waals surface area contributed by atoms with Gasteiger partial charge >= 0.3 is 0 Å². The van der Waals surface area contributed by atoms with Gasteiger partial charge in [0.05, 0.1) is 33.3 Å². The summed E-state index contributed by atoms with van der Waals surface area (Å²) in [4.78, 5) is 31.4. The number of nitrogens with zero attached hydrogens (tertiary/aromatic N) is 2. The summed E-state index contributed by atoms with van der Waals surface area (Å²) in [5, 5.41) is 3.16. The van der Waals surface area contributed by atoms with Gasteiger partial charge in [-0.15, -0.1) is 0 Å². The van der Waals surface area contributed by atoms with E-state index in [4.69, 9.17) is 14.2 Å². The minimum atomic E-state index is -0.617. The van der Waals surface area contributed by atoms with Gasteiger partial charge in [-0.2, -0.15) is 0 Å². The third-order valence-corrected chi connectivity index (χ3v) is 6.94. The molecule has 0 spiro atoms. The molecular formula is C29H41N3O5. The Morgan fingerprint density at radius 2 is 1.57 bits per heavy atom. The highest BCUT2D eigenvalue weighted by molar-refractivity contribution is 6.02. The second kappa shape index (κ2) is 13.3. The maximum atomic E-state index is 13.8. The summed E-state index contributed by atoms with van der Waals surface area (Å²) in [5.74, 6) is 0.747. The number of hydrogen-bond acceptors (Lipinski definition) is 6. The zero-order valence-corrected chi connectivity index (χ0v) is 23.0. The average Bonchev–Trinajstić information content (AvgIpc) is 2.92. The van der Waals surface area contributed by atoms with E-state index < -0.39 is 12.0 Å². The van der Waals surface area contributed by atoms with Crippen LogP contribution >= 0.6 is 0 Å². The van der Waals surface area contributed by atoms with Crippen LogP contribution in [0.15, 0.2) is 36.4 Å². The number of benzene rings is 2. The van der Waals surface area contributed by atoms with Crippen LogP contribution < -0.4 is 19.5 Å². The lowest BCUT2D eigenvalue weighted by Gasteiger charge is -2.40. The van der Waals surface area contributed by atoms with E-state index in [-0.39, 0.29) is 11.8 Å². The van der Waals surface area contributed by atoms with Crippen molar-refractivity contribution >= 4 is 11.8 Å². The minimum Gasteiger partial charge on any atom is -0.497 e. The summed E-state index contributed by atoms with van der Waals surface area (Å²) < 4.78 is 16.3. The van der Waals surface area contributed by atoms with Gasteiger partial charge in [-0.25, -0.2) is 0 Å². The molecule has 0 bridgehead atoms. The normalized spacial score (nSPS) is 16.9. The van der Waals surface area contributed by atoms with Crippen LogP contribution in [0.4, 0.5) is 0 Å². The van der Waals surface area contributed by atoms with Gasteiger partial charge < -0.3 is 29.3 Å². The Labute approximate surface area is 220 Å². The van der Waals surface area contributed by atoms with Crippen LogP contribution in [0.2, 0.25) is 0 Å². The highest BCUT2D eigenvalue weighted by Crippen LogP contribution is 2.45. The minimum absolute atomic E-state index is 0.119. The van der Waals surface area contributed by atoms with Crippen LogP contribution in [0.5, 0.6) is 17.2 Å². The number of carbonyl (C=O) groups excluding carboxylic acids is 2. The van der Waals surface area contributed by atoms with E-state index in [0.717, 1.165) is 44.5 Å². The molecule has 1 aliphatic rings. The highest BCUT2D eigenvalue weighted by Gasteiger charge is 2.43. The Balaban J connectivity index is 1.94. The van der Waals surface area contributed by atoms with Crippen molar-refractivity contribution in [3.8, 4) is 17.2 Å². The summed E-state index contributed by atoms with van der Waals surface area (Å²) >= 11 is 0. The van der Waals surface area contributed by atoms with E-state index in [1.807, 2.05) is 24.3 Å². The number of amides is 2. The van der Waals surface area contributed by atoms with Gasteiger partial charge in [-0.1, -0.05) is 26.0 Å². The smallest absolute Gasteiger partial charge is 0.254 e. The van der Waals surface area contributed by atoms with Crippen LogP contribution in [-0.2, 0) is 4.79 Å². The number of fused-ring (bicyclic) bond motifs is 1. The fourth-order valence-corrected chi connectivity index (χ4v) is 5.14. The van der Waals surface area contributed by atoms with Gasteiger partial charge in [0.15, 0.2) is 11.5 Å². The van der Waals surface area contributed by atoms with E-state index in [1.165, 1.54) is 7.11 Å². The average molecular weight is 512 g/mol. The first-order chi connectivity index (χ1) is 17.9. The summed E-state index contributed by atoms with van der Waals surface area (Å²) in [6.45, 7) is 8.00. The molecule has 0 aliphatic carbocycles. The van der Waals surface area contributed by atoms with Crippen LogP contribution in [-0.4, -0.2) is 76.2 Å². The summed E-state index contributed by atoms with van der Waals surface area (Å²) in [6, 6.07) is 10.5. The number of methoxy groups -OCH3 is 3. The third kappa shape index (κ3) is 6.36. The quantitative estimate of drug-likeness (QED) is 0.405. The molecule has 0 fully saturated rings. The molecule has 3 rings (SSSR count). The number of nitrogens with one attached hydrogen (secondary N) is 1. The number of likely N-dealkylation sites (N-methyl/N-ethyl adjacent to an activating group) is 1. The predicted molar refractivity (Wildman–Crippen MR) is 145 cm³/mol. The molecule has 8 heteroatoms. The standard InChI is InChI=1S/C29H41N3O5/c1-7-15-32(16-8-2)17-9-14-30-28(33)26-22-18-24(36-5)25(37-6)19-23(22)29(34)31(3)27(26)20-10-12-21(35-4)13-11-20/h10-13,18-19,26-27H,7-9,14-17H2,1-6H3,(H,30,33)/t26-,27-/m0/s1. The number of hydrogen-bond donors (Lipinski definition) is 1. The second-order valence-electron chi connectivity index (χ2n) is 9.39. The first-order valence-electron chi connectivity index (χ1n) is 13.1. The lowest BCUT2D eigenvalue weighted by molar-refractivity contribution is -0.124. The van der Waals surface area contributed by atoms with Crippen molar-refractivity contribution in [1.82, 2.24) is 15.1 Å². The molecule has 2 amide bonds. The molecule has 0 aromatic heterocycles. The number of rotatable bonds is 13. The Kier molecular flexibility index (Phi) is 10.2. The van der Waals surface area contributed by atoms with Crippen molar-refractivity contribution < 1.29 is 23.8 Å². The molecule has 0 radical (unpaired) electrons. The van der Waals surface area contributed by atoms with E-state index in [0.29, 0.717) is 34.9 Å². The first kappa shape index (κ1) is 28.3. The first-order valence-corrected chi connectivity index (χ1v) is 13.1. The molecule has 0 unspecified atom stereocenters. The maximum Gasteiger partial charge on any atom is 0.254 e. The highest BCUT2D eigenvalue weighted by atomic mass is 16.5. The molecule has 1 heterocycles. The van der Waals surface area contributed by atoms with Crippen LogP contribution in [0.25, 0.3) is 0 Å². The molecule has 0 saturated heterocycles. The van der Waals surface area contributed by atoms with Gasteiger partial charge in [-0.3, -0.25) is 9.59 Å². The summed E-state index contributed by atoms with van der Waals surface area (Å²) in [7, 11) is 6.44. The van der Waals surface area contributed by atoms with Crippen LogP contribution in [0.3, 0.4) is 0 Å². The van der Waals surface area contributed by atoms with Crippen molar-refractivity contribution in [2.45, 2.75) is 45.1 Å². The Bertz CT molecular complexity index is 1050. The molecule has 2 aromatic carbocycles. The molecular weight excluding hydrogens is 470 g/mol. The van der Waals surface area contributed by atoms with Crippen molar-refractivity contribution in [2.24, 2.45) is 0 Å². The van der Waals surface area contributed by atoms with Crippen LogP contribution in [0.1, 0.15) is 66.6 Å². The van der Waals surface area contributed by atoms with Gasteiger partial charge in [0.25, 0.3) is 5.91 Å². The molecule has 1 N–H and O–H groups in total. The van der Waals surface area contributed by atoms with Crippen molar-refractivity contribution in [1.29, 1.82) is 0 Å². The predicted octanol–water partition coefficient (Wildman–Crippen LogP) is 4.25. The Hall–Kier alpha value is -3.26.